The van der Waals surface area contributed by atoms with Crippen LogP contribution in [0.15, 0.2) is 11.1 Å². The molecule has 0 fully saturated rings. The summed E-state index contributed by atoms with van der Waals surface area (Å²) in [6.45, 7) is 3.69. The molecule has 0 radical (unpaired) electrons. The highest BCUT2D eigenvalue weighted by Crippen LogP contribution is 2.17. The zero-order valence-electron chi connectivity index (χ0n) is 10.7. The molecular weight excluding hydrogens is 268 g/mol. The van der Waals surface area contributed by atoms with E-state index >= 15 is 0 Å². The van der Waals surface area contributed by atoms with E-state index in [0.29, 0.717) is 11.4 Å². The van der Waals surface area contributed by atoms with E-state index in [2.05, 4.69) is 25.1 Å². The highest BCUT2D eigenvalue weighted by Gasteiger charge is 2.23. The quantitative estimate of drug-likeness (QED) is 0.598. The van der Waals surface area contributed by atoms with Gasteiger partial charge in [-0.15, -0.1) is 0 Å². The Hall–Kier alpha value is -1.71. The molecule has 0 saturated carbocycles. The summed E-state index contributed by atoms with van der Waals surface area (Å²) in [5.74, 6) is 0. The minimum absolute atomic E-state index is 0.0608. The molecule has 0 aliphatic carbocycles. The van der Waals surface area contributed by atoms with E-state index in [0.717, 1.165) is 11.3 Å². The molecule has 0 saturated heterocycles. The average Bonchev–Trinajstić information content (AvgIpc) is 2.93. The number of sulfonamides is 1. The van der Waals surface area contributed by atoms with Crippen molar-refractivity contribution in [1.29, 1.82) is 0 Å². The molecule has 5 N–H and O–H groups in total. The molecule has 0 bridgehead atoms. The second-order valence-corrected chi connectivity index (χ2v) is 5.88. The summed E-state index contributed by atoms with van der Waals surface area (Å²) < 4.78 is 27.0. The standard InChI is InChI=1S/C10H16N6O2S/c1-6-8(4-12-14-6)5-13-19(17,18)10-7(2)15-16-9(10)3-11/h4,13H,3,5,11H2,1-2H3,(H,12,14)(H,15,16). The molecule has 2 aromatic rings. The van der Waals surface area contributed by atoms with Crippen LogP contribution in [0.1, 0.15) is 22.6 Å². The minimum Gasteiger partial charge on any atom is -0.325 e. The number of nitrogens with zero attached hydrogens (tertiary/aromatic N) is 2. The van der Waals surface area contributed by atoms with Crippen LogP contribution < -0.4 is 10.5 Å². The normalized spacial score (nSPS) is 11.9. The van der Waals surface area contributed by atoms with Gasteiger partial charge in [0, 0.05) is 24.3 Å². The third kappa shape index (κ3) is 2.67. The number of aromatic amines is 2. The summed E-state index contributed by atoms with van der Waals surface area (Å²) in [5.41, 5.74) is 7.90. The largest absolute Gasteiger partial charge is 0.325 e. The number of aromatic nitrogens is 4. The van der Waals surface area contributed by atoms with Crippen molar-refractivity contribution in [3.63, 3.8) is 0 Å². The molecular formula is C10H16N6O2S. The Morgan fingerprint density at radius 2 is 2.05 bits per heavy atom. The Kier molecular flexibility index (Phi) is 3.69. The van der Waals surface area contributed by atoms with Crippen LogP contribution in [-0.4, -0.2) is 28.8 Å². The van der Waals surface area contributed by atoms with Crippen molar-refractivity contribution >= 4 is 10.0 Å². The Bertz CT molecular complexity index is 672. The average molecular weight is 284 g/mol. The minimum atomic E-state index is -3.65. The van der Waals surface area contributed by atoms with Gasteiger partial charge in [-0.25, -0.2) is 13.1 Å². The lowest BCUT2D eigenvalue weighted by molar-refractivity contribution is 0.579. The van der Waals surface area contributed by atoms with Crippen molar-refractivity contribution in [2.75, 3.05) is 0 Å². The van der Waals surface area contributed by atoms with Gasteiger partial charge in [-0.05, 0) is 13.8 Å². The van der Waals surface area contributed by atoms with E-state index in [1.165, 1.54) is 0 Å². The van der Waals surface area contributed by atoms with Gasteiger partial charge in [0.1, 0.15) is 4.90 Å². The molecule has 8 nitrogen and oxygen atoms in total. The van der Waals surface area contributed by atoms with Crippen LogP contribution in [0.2, 0.25) is 0 Å². The zero-order chi connectivity index (χ0) is 14.0. The fourth-order valence-corrected chi connectivity index (χ4v) is 3.14. The van der Waals surface area contributed by atoms with E-state index < -0.39 is 10.0 Å². The molecule has 0 amide bonds. The summed E-state index contributed by atoms with van der Waals surface area (Å²) in [6, 6.07) is 0. The fraction of sp³-hybridized carbons (Fsp3) is 0.400. The molecule has 19 heavy (non-hydrogen) atoms. The molecule has 0 aromatic carbocycles. The van der Waals surface area contributed by atoms with E-state index in [1.54, 1.807) is 13.1 Å². The van der Waals surface area contributed by atoms with Crippen molar-refractivity contribution in [2.45, 2.75) is 31.8 Å². The maximum atomic E-state index is 12.2. The van der Waals surface area contributed by atoms with Crippen molar-refractivity contribution in [3.05, 3.63) is 28.8 Å². The number of H-pyrrole nitrogens is 2. The molecule has 9 heteroatoms. The number of hydrogen-bond donors (Lipinski definition) is 4. The monoisotopic (exact) mass is 284 g/mol. The van der Waals surface area contributed by atoms with Crippen LogP contribution >= 0.6 is 0 Å². The van der Waals surface area contributed by atoms with Crippen LogP contribution in [-0.2, 0) is 23.1 Å². The summed E-state index contributed by atoms with van der Waals surface area (Å²) in [4.78, 5) is 0.121. The van der Waals surface area contributed by atoms with Gasteiger partial charge in [-0.2, -0.15) is 10.2 Å². The number of aryl methyl sites for hydroxylation is 2. The first-order chi connectivity index (χ1) is 8.95. The number of nitrogens with two attached hydrogens (primary N) is 1. The summed E-state index contributed by atoms with van der Waals surface area (Å²) >= 11 is 0. The second-order valence-electron chi connectivity index (χ2n) is 4.17. The van der Waals surface area contributed by atoms with Gasteiger partial charge in [0.25, 0.3) is 0 Å². The first-order valence-corrected chi connectivity index (χ1v) is 7.16. The van der Waals surface area contributed by atoms with E-state index in [1.807, 2.05) is 6.92 Å². The van der Waals surface area contributed by atoms with Gasteiger partial charge in [0.05, 0.1) is 17.6 Å². The Morgan fingerprint density at radius 1 is 1.32 bits per heavy atom. The summed E-state index contributed by atoms with van der Waals surface area (Å²) in [6.07, 6.45) is 1.59. The van der Waals surface area contributed by atoms with Crippen LogP contribution in [0, 0.1) is 13.8 Å². The number of hydrogen-bond acceptors (Lipinski definition) is 5. The predicted octanol–water partition coefficient (Wildman–Crippen LogP) is -0.313. The molecule has 0 aliphatic heterocycles. The zero-order valence-corrected chi connectivity index (χ0v) is 11.5. The van der Waals surface area contributed by atoms with Gasteiger partial charge < -0.3 is 5.73 Å². The van der Waals surface area contributed by atoms with Crippen LogP contribution in [0.4, 0.5) is 0 Å². The lowest BCUT2D eigenvalue weighted by atomic mass is 10.3. The van der Waals surface area contributed by atoms with E-state index in [9.17, 15) is 8.42 Å². The Balaban J connectivity index is 2.23. The third-order valence-electron chi connectivity index (χ3n) is 2.81. The van der Waals surface area contributed by atoms with Gasteiger partial charge in [0.2, 0.25) is 10.0 Å². The number of rotatable bonds is 5. The lowest BCUT2D eigenvalue weighted by Gasteiger charge is -2.06. The van der Waals surface area contributed by atoms with Gasteiger partial charge in [-0.3, -0.25) is 10.2 Å². The molecule has 0 spiro atoms. The second kappa shape index (κ2) is 5.11. The van der Waals surface area contributed by atoms with Crippen LogP contribution in [0.25, 0.3) is 0 Å². The first kappa shape index (κ1) is 13.7. The van der Waals surface area contributed by atoms with Crippen molar-refractivity contribution < 1.29 is 8.42 Å². The maximum absolute atomic E-state index is 12.2. The first-order valence-electron chi connectivity index (χ1n) is 5.68. The molecule has 2 aromatic heterocycles. The van der Waals surface area contributed by atoms with Crippen molar-refractivity contribution in [2.24, 2.45) is 5.73 Å². The Labute approximate surface area is 110 Å². The van der Waals surface area contributed by atoms with Gasteiger partial charge in [-0.1, -0.05) is 0 Å². The topological polar surface area (TPSA) is 130 Å². The molecule has 0 atom stereocenters. The van der Waals surface area contributed by atoms with E-state index in [-0.39, 0.29) is 18.0 Å². The van der Waals surface area contributed by atoms with E-state index in [4.69, 9.17) is 5.73 Å². The highest BCUT2D eigenvalue weighted by atomic mass is 32.2. The highest BCUT2D eigenvalue weighted by molar-refractivity contribution is 7.89. The molecule has 0 aliphatic rings. The predicted molar refractivity (Wildman–Crippen MR) is 68.6 cm³/mol. The number of nitrogens with one attached hydrogen (secondary N) is 3. The van der Waals surface area contributed by atoms with Crippen molar-refractivity contribution in [3.8, 4) is 0 Å². The van der Waals surface area contributed by atoms with Gasteiger partial charge >= 0.3 is 0 Å². The fourth-order valence-electron chi connectivity index (χ4n) is 1.76. The van der Waals surface area contributed by atoms with Crippen LogP contribution in [0.3, 0.4) is 0 Å². The van der Waals surface area contributed by atoms with Crippen LogP contribution in [0.5, 0.6) is 0 Å². The van der Waals surface area contributed by atoms with Gasteiger partial charge in [0.15, 0.2) is 0 Å². The maximum Gasteiger partial charge on any atom is 0.244 e. The molecule has 2 rings (SSSR count). The molecule has 2 heterocycles. The molecule has 104 valence electrons. The SMILES string of the molecule is Cc1[nH]ncc1CNS(=O)(=O)c1c(CN)n[nH]c1C. The summed E-state index contributed by atoms with van der Waals surface area (Å²) in [7, 11) is -3.65. The molecule has 0 unspecified atom stereocenters. The summed E-state index contributed by atoms with van der Waals surface area (Å²) in [5, 5.41) is 13.1. The smallest absolute Gasteiger partial charge is 0.244 e. The van der Waals surface area contributed by atoms with Crippen molar-refractivity contribution in [1.82, 2.24) is 25.1 Å². The lowest BCUT2D eigenvalue weighted by Crippen LogP contribution is -2.25. The Morgan fingerprint density at radius 3 is 2.63 bits per heavy atom. The third-order valence-corrected chi connectivity index (χ3v) is 4.41.